The van der Waals surface area contributed by atoms with Gasteiger partial charge in [0.15, 0.2) is 0 Å². The summed E-state index contributed by atoms with van der Waals surface area (Å²) >= 11 is 0. The second kappa shape index (κ2) is 4.91. The summed E-state index contributed by atoms with van der Waals surface area (Å²) in [5.74, 6) is 0. The molecule has 0 bridgehead atoms. The van der Waals surface area contributed by atoms with Crippen molar-refractivity contribution < 1.29 is 10.4 Å². The van der Waals surface area contributed by atoms with Crippen LogP contribution in [-0.2, 0) is 6.54 Å². The Balaban J connectivity index is 2.26. The highest BCUT2D eigenvalue weighted by Crippen LogP contribution is 2.17. The van der Waals surface area contributed by atoms with Gasteiger partial charge >= 0.3 is 0 Å². The van der Waals surface area contributed by atoms with Gasteiger partial charge in [-0.25, -0.2) is 0 Å². The maximum absolute atomic E-state index is 8.73. The number of hydrogen-bond acceptors (Lipinski definition) is 1. The molecule has 2 nitrogen and oxygen atoms in total. The number of benzene rings is 2. The fraction of sp³-hybridized carbons (Fsp3) is 0.231. The molecule has 0 aromatic heterocycles. The van der Waals surface area contributed by atoms with Gasteiger partial charge in [0.2, 0.25) is 0 Å². The van der Waals surface area contributed by atoms with Gasteiger partial charge in [0.1, 0.15) is 6.54 Å². The normalized spacial score (nSPS) is 10.7. The quantitative estimate of drug-likeness (QED) is 0.710. The van der Waals surface area contributed by atoms with E-state index >= 15 is 0 Å². The molecule has 0 aliphatic rings. The third-order valence-electron chi connectivity index (χ3n) is 2.58. The van der Waals surface area contributed by atoms with E-state index in [1.54, 1.807) is 0 Å². The third-order valence-corrected chi connectivity index (χ3v) is 2.58. The molecule has 0 fully saturated rings. The monoisotopic (exact) mass is 202 g/mol. The minimum Gasteiger partial charge on any atom is -0.391 e. The van der Waals surface area contributed by atoms with E-state index in [-0.39, 0.29) is 6.61 Å². The lowest BCUT2D eigenvalue weighted by atomic mass is 10.0. The second-order valence-corrected chi connectivity index (χ2v) is 3.64. The van der Waals surface area contributed by atoms with Gasteiger partial charge in [-0.15, -0.1) is 0 Å². The van der Waals surface area contributed by atoms with Crippen LogP contribution in [0.1, 0.15) is 5.56 Å². The highest BCUT2D eigenvalue weighted by atomic mass is 16.3. The van der Waals surface area contributed by atoms with E-state index in [4.69, 9.17) is 5.11 Å². The molecular formula is C13H16NO+. The molecule has 0 radical (unpaired) electrons. The van der Waals surface area contributed by atoms with Crippen LogP contribution >= 0.6 is 0 Å². The SMILES string of the molecule is OCC[NH2+]Cc1cccc2ccccc12. The molecule has 0 aliphatic carbocycles. The van der Waals surface area contributed by atoms with Crippen molar-refractivity contribution in [3.8, 4) is 0 Å². The van der Waals surface area contributed by atoms with Crippen molar-refractivity contribution in [2.24, 2.45) is 0 Å². The van der Waals surface area contributed by atoms with Crippen molar-refractivity contribution in [1.82, 2.24) is 0 Å². The maximum Gasteiger partial charge on any atom is 0.102 e. The fourth-order valence-corrected chi connectivity index (χ4v) is 1.82. The van der Waals surface area contributed by atoms with E-state index in [0.29, 0.717) is 0 Å². The van der Waals surface area contributed by atoms with Gasteiger partial charge in [0.05, 0.1) is 13.2 Å². The van der Waals surface area contributed by atoms with E-state index in [0.717, 1.165) is 13.1 Å². The lowest BCUT2D eigenvalue weighted by molar-refractivity contribution is -0.671. The standard InChI is InChI=1S/C13H15NO/c15-9-8-14-10-12-6-3-5-11-4-1-2-7-13(11)12/h1-7,14-15H,8-10H2/p+1. The van der Waals surface area contributed by atoms with Crippen molar-refractivity contribution in [2.75, 3.05) is 13.2 Å². The first kappa shape index (κ1) is 10.1. The molecule has 15 heavy (non-hydrogen) atoms. The van der Waals surface area contributed by atoms with Crippen LogP contribution in [0.5, 0.6) is 0 Å². The van der Waals surface area contributed by atoms with Crippen molar-refractivity contribution in [3.63, 3.8) is 0 Å². The number of quaternary nitrogens is 1. The van der Waals surface area contributed by atoms with Gasteiger partial charge in [-0.3, -0.25) is 0 Å². The molecule has 0 aliphatic heterocycles. The van der Waals surface area contributed by atoms with E-state index in [1.165, 1.54) is 16.3 Å². The van der Waals surface area contributed by atoms with Crippen molar-refractivity contribution in [3.05, 3.63) is 48.0 Å². The topological polar surface area (TPSA) is 36.8 Å². The predicted molar refractivity (Wildman–Crippen MR) is 61.5 cm³/mol. The van der Waals surface area contributed by atoms with E-state index in [1.807, 2.05) is 0 Å². The van der Waals surface area contributed by atoms with Gasteiger partial charge in [0, 0.05) is 5.56 Å². The summed E-state index contributed by atoms with van der Waals surface area (Å²) < 4.78 is 0. The van der Waals surface area contributed by atoms with Crippen molar-refractivity contribution >= 4 is 10.8 Å². The van der Waals surface area contributed by atoms with Crippen molar-refractivity contribution in [1.29, 1.82) is 0 Å². The minimum atomic E-state index is 0.241. The summed E-state index contributed by atoms with van der Waals surface area (Å²) in [4.78, 5) is 0. The maximum atomic E-state index is 8.73. The zero-order valence-corrected chi connectivity index (χ0v) is 8.69. The zero-order valence-electron chi connectivity index (χ0n) is 8.69. The number of nitrogens with two attached hydrogens (primary N) is 1. The Morgan fingerprint density at radius 2 is 1.80 bits per heavy atom. The Kier molecular flexibility index (Phi) is 3.33. The van der Waals surface area contributed by atoms with Gasteiger partial charge in [0.25, 0.3) is 0 Å². The molecule has 0 heterocycles. The second-order valence-electron chi connectivity index (χ2n) is 3.64. The number of fused-ring (bicyclic) bond motifs is 1. The van der Waals surface area contributed by atoms with Gasteiger partial charge in [-0.1, -0.05) is 42.5 Å². The van der Waals surface area contributed by atoms with E-state index < -0.39 is 0 Å². The lowest BCUT2D eigenvalue weighted by Crippen LogP contribution is -2.83. The van der Waals surface area contributed by atoms with Crippen LogP contribution in [0.3, 0.4) is 0 Å². The highest BCUT2D eigenvalue weighted by Gasteiger charge is 2.00. The zero-order chi connectivity index (χ0) is 10.5. The summed E-state index contributed by atoms with van der Waals surface area (Å²) in [6.45, 7) is 1.94. The Morgan fingerprint density at radius 1 is 1.00 bits per heavy atom. The van der Waals surface area contributed by atoms with Crippen LogP contribution in [0.15, 0.2) is 42.5 Å². The fourth-order valence-electron chi connectivity index (χ4n) is 1.82. The van der Waals surface area contributed by atoms with Gasteiger partial charge < -0.3 is 10.4 Å². The smallest absolute Gasteiger partial charge is 0.102 e. The Morgan fingerprint density at radius 3 is 2.67 bits per heavy atom. The molecule has 0 atom stereocenters. The van der Waals surface area contributed by atoms with Gasteiger partial charge in [-0.2, -0.15) is 0 Å². The summed E-state index contributed by atoms with van der Waals surface area (Å²) in [6.07, 6.45) is 0. The van der Waals surface area contributed by atoms with Crippen LogP contribution < -0.4 is 5.32 Å². The molecular weight excluding hydrogens is 186 g/mol. The number of hydrogen-bond donors (Lipinski definition) is 2. The molecule has 0 spiro atoms. The average molecular weight is 202 g/mol. The number of rotatable bonds is 4. The molecule has 0 amide bonds. The van der Waals surface area contributed by atoms with E-state index in [2.05, 4.69) is 47.8 Å². The Hall–Kier alpha value is -1.38. The largest absolute Gasteiger partial charge is 0.391 e. The summed E-state index contributed by atoms with van der Waals surface area (Å²) in [5.41, 5.74) is 1.33. The molecule has 0 saturated carbocycles. The molecule has 2 heteroatoms. The molecule has 78 valence electrons. The van der Waals surface area contributed by atoms with E-state index in [9.17, 15) is 0 Å². The van der Waals surface area contributed by atoms with Crippen LogP contribution in [0.4, 0.5) is 0 Å². The summed E-state index contributed by atoms with van der Waals surface area (Å²) in [7, 11) is 0. The van der Waals surface area contributed by atoms with Crippen LogP contribution in [0, 0.1) is 0 Å². The molecule has 2 rings (SSSR count). The first-order valence-corrected chi connectivity index (χ1v) is 5.31. The van der Waals surface area contributed by atoms with Gasteiger partial charge in [-0.05, 0) is 10.8 Å². The molecule has 0 saturated heterocycles. The third kappa shape index (κ3) is 2.35. The average Bonchev–Trinajstić information content (AvgIpc) is 2.30. The molecule has 3 N–H and O–H groups in total. The summed E-state index contributed by atoms with van der Waals surface area (Å²) in [5, 5.41) is 13.5. The lowest BCUT2D eigenvalue weighted by Gasteiger charge is -2.04. The molecule has 0 unspecified atom stereocenters. The van der Waals surface area contributed by atoms with Crippen molar-refractivity contribution in [2.45, 2.75) is 6.54 Å². The highest BCUT2D eigenvalue weighted by molar-refractivity contribution is 5.85. The first-order valence-electron chi connectivity index (χ1n) is 5.31. The Bertz CT molecular complexity index is 434. The molecule has 2 aromatic rings. The minimum absolute atomic E-state index is 0.241. The Labute approximate surface area is 89.6 Å². The number of aliphatic hydroxyl groups excluding tert-OH is 1. The van der Waals surface area contributed by atoms with Crippen LogP contribution in [-0.4, -0.2) is 18.3 Å². The van der Waals surface area contributed by atoms with Crippen LogP contribution in [0.25, 0.3) is 10.8 Å². The summed E-state index contributed by atoms with van der Waals surface area (Å²) in [6, 6.07) is 14.8. The predicted octanol–water partition coefficient (Wildman–Crippen LogP) is 0.896. The first-order chi connectivity index (χ1) is 7.42. The van der Waals surface area contributed by atoms with Crippen LogP contribution in [0.2, 0.25) is 0 Å². The molecule has 2 aromatic carbocycles. The number of aliphatic hydroxyl groups is 1.